The fraction of sp³-hybridized carbons (Fsp3) is 0.385. The first-order valence-electron chi connectivity index (χ1n) is 5.93. The zero-order valence-electron chi connectivity index (χ0n) is 10.2. The summed E-state index contributed by atoms with van der Waals surface area (Å²) in [5, 5.41) is 10.8. The summed E-state index contributed by atoms with van der Waals surface area (Å²) >= 11 is 0. The lowest BCUT2D eigenvalue weighted by molar-refractivity contribution is -0.142. The Hall–Kier alpha value is -2.11. The molecule has 19 heavy (non-hydrogen) atoms. The van der Waals surface area contributed by atoms with E-state index in [4.69, 9.17) is 9.84 Å². The van der Waals surface area contributed by atoms with Crippen LogP contribution in [0.5, 0.6) is 5.75 Å². The van der Waals surface area contributed by atoms with Crippen LogP contribution in [-0.2, 0) is 22.4 Å². The van der Waals surface area contributed by atoms with Gasteiger partial charge in [0, 0.05) is 6.42 Å². The first-order chi connectivity index (χ1) is 9.10. The van der Waals surface area contributed by atoms with Crippen LogP contribution in [0.2, 0.25) is 0 Å². The Kier molecular flexibility index (Phi) is 3.99. The normalized spacial score (nSPS) is 14.4. The van der Waals surface area contributed by atoms with E-state index in [1.807, 2.05) is 6.07 Å². The fourth-order valence-electron chi connectivity index (χ4n) is 1.95. The Bertz CT molecular complexity index is 503. The minimum Gasteiger partial charge on any atom is -0.493 e. The highest BCUT2D eigenvalue weighted by molar-refractivity contribution is 5.85. The van der Waals surface area contributed by atoms with E-state index in [9.17, 15) is 14.0 Å². The van der Waals surface area contributed by atoms with E-state index < -0.39 is 24.6 Å². The molecule has 0 fully saturated rings. The zero-order valence-corrected chi connectivity index (χ0v) is 10.2. The average Bonchev–Trinajstić information content (AvgIpc) is 2.82. The van der Waals surface area contributed by atoms with Crippen molar-refractivity contribution in [3.05, 3.63) is 29.3 Å². The zero-order chi connectivity index (χ0) is 13.8. The van der Waals surface area contributed by atoms with Crippen LogP contribution >= 0.6 is 0 Å². The third-order valence-electron chi connectivity index (χ3n) is 2.91. The molecule has 0 aliphatic carbocycles. The summed E-state index contributed by atoms with van der Waals surface area (Å²) in [6.45, 7) is -0.493. The molecule has 2 rings (SSSR count). The number of aliphatic carboxylic acids is 1. The van der Waals surface area contributed by atoms with Gasteiger partial charge in [-0.3, -0.25) is 4.79 Å². The van der Waals surface area contributed by atoms with Crippen molar-refractivity contribution in [2.45, 2.75) is 18.9 Å². The molecule has 6 heteroatoms. The van der Waals surface area contributed by atoms with Crippen molar-refractivity contribution in [3.63, 3.8) is 0 Å². The van der Waals surface area contributed by atoms with Crippen molar-refractivity contribution in [3.8, 4) is 5.75 Å². The summed E-state index contributed by atoms with van der Waals surface area (Å²) in [5.41, 5.74) is 1.79. The summed E-state index contributed by atoms with van der Waals surface area (Å²) in [5.74, 6) is -1.07. The lowest BCUT2D eigenvalue weighted by atomic mass is 10.1. The van der Waals surface area contributed by atoms with Crippen LogP contribution in [0.3, 0.4) is 0 Å². The maximum absolute atomic E-state index is 12.4. The molecular formula is C13H14FNO4. The van der Waals surface area contributed by atoms with Gasteiger partial charge < -0.3 is 15.2 Å². The predicted molar refractivity (Wildman–Crippen MR) is 64.9 cm³/mol. The molecule has 0 saturated heterocycles. The van der Waals surface area contributed by atoms with E-state index in [0.29, 0.717) is 6.61 Å². The number of carbonyl (C=O) groups is 2. The van der Waals surface area contributed by atoms with Gasteiger partial charge in [-0.1, -0.05) is 12.1 Å². The van der Waals surface area contributed by atoms with Crippen LogP contribution in [-0.4, -0.2) is 36.3 Å². The van der Waals surface area contributed by atoms with Gasteiger partial charge in [0.25, 0.3) is 0 Å². The van der Waals surface area contributed by atoms with E-state index in [1.54, 1.807) is 12.1 Å². The molecule has 5 nitrogen and oxygen atoms in total. The SMILES string of the molecule is O=C(Cc1ccc2c(c1)CCO2)NC(CF)C(=O)O. The van der Waals surface area contributed by atoms with Crippen LogP contribution in [0, 0.1) is 0 Å². The van der Waals surface area contributed by atoms with Crippen molar-refractivity contribution < 1.29 is 23.8 Å². The number of benzene rings is 1. The van der Waals surface area contributed by atoms with Crippen molar-refractivity contribution >= 4 is 11.9 Å². The second-order valence-corrected chi connectivity index (χ2v) is 4.33. The number of alkyl halides is 1. The Labute approximate surface area is 109 Å². The van der Waals surface area contributed by atoms with Gasteiger partial charge in [-0.2, -0.15) is 0 Å². The van der Waals surface area contributed by atoms with Gasteiger partial charge in [0.05, 0.1) is 13.0 Å². The molecule has 1 heterocycles. The minimum absolute atomic E-state index is 0.0249. The first-order valence-corrected chi connectivity index (χ1v) is 5.93. The summed E-state index contributed by atoms with van der Waals surface area (Å²) < 4.78 is 17.7. The molecule has 0 bridgehead atoms. The summed E-state index contributed by atoms with van der Waals surface area (Å²) in [6, 6.07) is 3.90. The number of amides is 1. The number of carbonyl (C=O) groups excluding carboxylic acids is 1. The van der Waals surface area contributed by atoms with Crippen molar-refractivity contribution in [1.29, 1.82) is 0 Å². The number of rotatable bonds is 5. The molecule has 1 aliphatic rings. The Balaban J connectivity index is 1.97. The quantitative estimate of drug-likeness (QED) is 0.823. The maximum Gasteiger partial charge on any atom is 0.328 e. The van der Waals surface area contributed by atoms with E-state index in [-0.39, 0.29) is 6.42 Å². The minimum atomic E-state index is -1.48. The average molecular weight is 267 g/mol. The molecule has 1 aromatic rings. The van der Waals surface area contributed by atoms with Gasteiger partial charge in [-0.25, -0.2) is 9.18 Å². The standard InChI is InChI=1S/C13H14FNO4/c14-7-10(13(17)18)15-12(16)6-8-1-2-11-9(5-8)3-4-19-11/h1-2,5,10H,3-4,6-7H2,(H,15,16)(H,17,18). The van der Waals surface area contributed by atoms with Crippen LogP contribution in [0.15, 0.2) is 18.2 Å². The molecule has 0 spiro atoms. The van der Waals surface area contributed by atoms with Gasteiger partial charge in [0.2, 0.25) is 5.91 Å². The Morgan fingerprint density at radius 3 is 2.95 bits per heavy atom. The molecule has 2 N–H and O–H groups in total. The summed E-state index contributed by atoms with van der Waals surface area (Å²) in [6.07, 6.45) is 0.823. The summed E-state index contributed by atoms with van der Waals surface area (Å²) in [7, 11) is 0. The number of hydrogen-bond acceptors (Lipinski definition) is 3. The van der Waals surface area contributed by atoms with Gasteiger partial charge in [-0.15, -0.1) is 0 Å². The third-order valence-corrected chi connectivity index (χ3v) is 2.91. The smallest absolute Gasteiger partial charge is 0.328 e. The lowest BCUT2D eigenvalue weighted by Crippen LogP contribution is -2.43. The topological polar surface area (TPSA) is 75.6 Å². The van der Waals surface area contributed by atoms with E-state index >= 15 is 0 Å². The molecule has 1 atom stereocenters. The van der Waals surface area contributed by atoms with Crippen LogP contribution in [0.1, 0.15) is 11.1 Å². The van der Waals surface area contributed by atoms with Crippen LogP contribution in [0.4, 0.5) is 4.39 Å². The second-order valence-electron chi connectivity index (χ2n) is 4.33. The number of halogens is 1. The highest BCUT2D eigenvalue weighted by Crippen LogP contribution is 2.25. The maximum atomic E-state index is 12.4. The fourth-order valence-corrected chi connectivity index (χ4v) is 1.95. The molecule has 1 unspecified atom stereocenters. The van der Waals surface area contributed by atoms with E-state index in [2.05, 4.69) is 5.32 Å². The van der Waals surface area contributed by atoms with Crippen LogP contribution in [0.25, 0.3) is 0 Å². The summed E-state index contributed by atoms with van der Waals surface area (Å²) in [4.78, 5) is 22.2. The van der Waals surface area contributed by atoms with E-state index in [1.165, 1.54) is 0 Å². The Morgan fingerprint density at radius 1 is 1.47 bits per heavy atom. The van der Waals surface area contributed by atoms with Gasteiger partial charge in [0.15, 0.2) is 6.04 Å². The number of hydrogen-bond donors (Lipinski definition) is 2. The molecule has 102 valence electrons. The molecule has 1 aromatic carbocycles. The highest BCUT2D eigenvalue weighted by Gasteiger charge is 2.20. The molecular weight excluding hydrogens is 253 g/mol. The molecule has 0 saturated carbocycles. The number of carboxylic acid groups (broad SMARTS) is 1. The van der Waals surface area contributed by atoms with Gasteiger partial charge in [-0.05, 0) is 17.2 Å². The van der Waals surface area contributed by atoms with Crippen molar-refractivity contribution in [1.82, 2.24) is 5.32 Å². The number of nitrogens with one attached hydrogen (secondary N) is 1. The largest absolute Gasteiger partial charge is 0.493 e. The lowest BCUT2D eigenvalue weighted by Gasteiger charge is -2.11. The van der Waals surface area contributed by atoms with Crippen molar-refractivity contribution in [2.75, 3.05) is 13.3 Å². The number of carboxylic acids is 1. The molecule has 0 aromatic heterocycles. The molecule has 0 radical (unpaired) electrons. The van der Waals surface area contributed by atoms with Crippen molar-refractivity contribution in [2.24, 2.45) is 0 Å². The van der Waals surface area contributed by atoms with Gasteiger partial charge >= 0.3 is 5.97 Å². The van der Waals surface area contributed by atoms with E-state index in [0.717, 1.165) is 23.3 Å². The molecule has 1 aliphatic heterocycles. The number of ether oxygens (including phenoxy) is 1. The van der Waals surface area contributed by atoms with Gasteiger partial charge in [0.1, 0.15) is 12.4 Å². The first kappa shape index (κ1) is 13.3. The molecule has 1 amide bonds. The Morgan fingerprint density at radius 2 is 2.26 bits per heavy atom. The number of fused-ring (bicyclic) bond motifs is 1. The second kappa shape index (κ2) is 5.69. The van der Waals surface area contributed by atoms with Crippen LogP contribution < -0.4 is 10.1 Å². The highest BCUT2D eigenvalue weighted by atomic mass is 19.1. The third kappa shape index (κ3) is 3.21. The monoisotopic (exact) mass is 267 g/mol. The predicted octanol–water partition coefficient (Wildman–Crippen LogP) is 0.703.